The molecule has 1 heterocycles. The molecule has 0 bridgehead atoms. The summed E-state index contributed by atoms with van der Waals surface area (Å²) in [5, 5.41) is 9.47. The Kier molecular flexibility index (Phi) is 5.56. The second-order valence-corrected chi connectivity index (χ2v) is 7.35. The summed E-state index contributed by atoms with van der Waals surface area (Å²) in [6, 6.07) is 5.03. The van der Waals surface area contributed by atoms with Gasteiger partial charge in [-0.15, -0.1) is 6.58 Å². The van der Waals surface area contributed by atoms with Crippen LogP contribution in [0.2, 0.25) is 0 Å². The molecule has 1 aromatic rings. The van der Waals surface area contributed by atoms with Crippen LogP contribution in [0.15, 0.2) is 41.8 Å². The monoisotopic (exact) mass is 339 g/mol. The molecule has 23 heavy (non-hydrogen) atoms. The van der Waals surface area contributed by atoms with Crippen LogP contribution in [0.25, 0.3) is 0 Å². The van der Waals surface area contributed by atoms with Crippen LogP contribution in [0.5, 0.6) is 0 Å². The summed E-state index contributed by atoms with van der Waals surface area (Å²) in [5.41, 5.74) is 0.925. The van der Waals surface area contributed by atoms with Gasteiger partial charge in [0.05, 0.1) is 11.0 Å². The van der Waals surface area contributed by atoms with Crippen LogP contribution in [0.4, 0.5) is 0 Å². The number of aliphatic carboxylic acids is 1. The minimum absolute atomic E-state index is 0.0496. The normalized spacial score (nSPS) is 22.7. The lowest BCUT2D eigenvalue weighted by atomic mass is 9.91. The molecule has 2 N–H and O–H groups in total. The van der Waals surface area contributed by atoms with Gasteiger partial charge in [0, 0.05) is 12.5 Å². The van der Waals surface area contributed by atoms with Gasteiger partial charge in [-0.05, 0) is 31.9 Å². The molecule has 6 nitrogen and oxygen atoms in total. The Morgan fingerprint density at radius 2 is 2.13 bits per heavy atom. The van der Waals surface area contributed by atoms with Crippen LogP contribution in [0.3, 0.4) is 0 Å². The van der Waals surface area contributed by atoms with Crippen LogP contribution < -0.4 is 4.72 Å². The lowest BCUT2D eigenvalue weighted by molar-refractivity contribution is -0.141. The van der Waals surface area contributed by atoms with Crippen LogP contribution in [-0.2, 0) is 19.6 Å². The minimum atomic E-state index is -3.91. The van der Waals surface area contributed by atoms with Crippen molar-refractivity contribution in [1.29, 1.82) is 0 Å². The smallest absolute Gasteiger partial charge is 0.322 e. The summed E-state index contributed by atoms with van der Waals surface area (Å²) in [6.45, 7) is 5.89. The van der Waals surface area contributed by atoms with Crippen molar-refractivity contribution < 1.29 is 23.1 Å². The van der Waals surface area contributed by atoms with Gasteiger partial charge in [-0.2, -0.15) is 4.72 Å². The third-order valence-corrected chi connectivity index (χ3v) is 5.42. The Bertz CT molecular complexity index is 668. The summed E-state index contributed by atoms with van der Waals surface area (Å²) >= 11 is 0. The van der Waals surface area contributed by atoms with Gasteiger partial charge in [0.25, 0.3) is 0 Å². The molecule has 1 saturated heterocycles. The molecular weight excluding hydrogens is 318 g/mol. The van der Waals surface area contributed by atoms with E-state index in [2.05, 4.69) is 11.3 Å². The molecule has 1 fully saturated rings. The molecule has 1 aliphatic rings. The predicted molar refractivity (Wildman–Crippen MR) is 85.6 cm³/mol. The molecule has 1 aromatic carbocycles. The van der Waals surface area contributed by atoms with Gasteiger partial charge in [0.1, 0.15) is 6.04 Å². The van der Waals surface area contributed by atoms with Crippen molar-refractivity contribution in [1.82, 2.24) is 4.72 Å². The van der Waals surface area contributed by atoms with Gasteiger partial charge in [-0.3, -0.25) is 4.79 Å². The average Bonchev–Trinajstić information content (AvgIpc) is 2.93. The molecule has 0 spiro atoms. The fraction of sp³-hybridized carbons (Fsp3) is 0.438. The third-order valence-electron chi connectivity index (χ3n) is 3.97. The zero-order chi connectivity index (χ0) is 17.0. The first-order chi connectivity index (χ1) is 10.8. The van der Waals surface area contributed by atoms with E-state index in [1.54, 1.807) is 18.2 Å². The SMILES string of the molecule is C=CC[C@H]1OCC[C@@H]1C(NS(=O)(=O)c1ccc(C)cc1)C(=O)O. The maximum absolute atomic E-state index is 12.4. The number of carboxylic acids is 1. The molecule has 0 amide bonds. The number of ether oxygens (including phenoxy) is 1. The maximum Gasteiger partial charge on any atom is 0.322 e. The van der Waals surface area contributed by atoms with Gasteiger partial charge in [-0.25, -0.2) is 8.42 Å². The zero-order valence-corrected chi connectivity index (χ0v) is 13.8. The van der Waals surface area contributed by atoms with E-state index in [0.717, 1.165) is 5.56 Å². The molecule has 2 rings (SSSR count). The van der Waals surface area contributed by atoms with E-state index < -0.39 is 28.0 Å². The summed E-state index contributed by atoms with van der Waals surface area (Å²) in [7, 11) is -3.91. The number of benzene rings is 1. The number of carboxylic acid groups (broad SMARTS) is 1. The number of hydrogen-bond donors (Lipinski definition) is 2. The van der Waals surface area contributed by atoms with Gasteiger partial charge < -0.3 is 9.84 Å². The lowest BCUT2D eigenvalue weighted by Gasteiger charge is -2.24. The van der Waals surface area contributed by atoms with Crippen molar-refractivity contribution in [3.05, 3.63) is 42.5 Å². The number of rotatable bonds is 7. The summed E-state index contributed by atoms with van der Waals surface area (Å²) in [5.74, 6) is -1.63. The Balaban J connectivity index is 2.23. The van der Waals surface area contributed by atoms with E-state index in [1.807, 2.05) is 6.92 Å². The van der Waals surface area contributed by atoms with E-state index in [0.29, 0.717) is 19.4 Å². The van der Waals surface area contributed by atoms with Gasteiger partial charge in [0.15, 0.2) is 0 Å². The Hall–Kier alpha value is -1.70. The number of carbonyl (C=O) groups is 1. The highest BCUT2D eigenvalue weighted by Gasteiger charge is 2.40. The summed E-state index contributed by atoms with van der Waals surface area (Å²) in [4.78, 5) is 11.6. The molecule has 0 saturated carbocycles. The van der Waals surface area contributed by atoms with E-state index in [9.17, 15) is 18.3 Å². The highest BCUT2D eigenvalue weighted by molar-refractivity contribution is 7.89. The highest BCUT2D eigenvalue weighted by Crippen LogP contribution is 2.28. The summed E-state index contributed by atoms with van der Waals surface area (Å²) < 4.78 is 32.7. The molecule has 126 valence electrons. The van der Waals surface area contributed by atoms with E-state index in [4.69, 9.17) is 4.74 Å². The zero-order valence-electron chi connectivity index (χ0n) is 12.9. The second kappa shape index (κ2) is 7.25. The maximum atomic E-state index is 12.4. The van der Waals surface area contributed by atoms with Crippen LogP contribution in [0, 0.1) is 12.8 Å². The lowest BCUT2D eigenvalue weighted by Crippen LogP contribution is -2.48. The Labute approximate surface area is 136 Å². The first-order valence-electron chi connectivity index (χ1n) is 7.39. The summed E-state index contributed by atoms with van der Waals surface area (Å²) in [6.07, 6.45) is 2.29. The molecule has 3 atom stereocenters. The van der Waals surface area contributed by atoms with E-state index in [1.165, 1.54) is 12.1 Å². The minimum Gasteiger partial charge on any atom is -0.480 e. The first-order valence-corrected chi connectivity index (χ1v) is 8.88. The molecule has 0 aromatic heterocycles. The fourth-order valence-electron chi connectivity index (χ4n) is 2.73. The molecule has 0 aliphatic carbocycles. The largest absolute Gasteiger partial charge is 0.480 e. The van der Waals surface area contributed by atoms with Crippen molar-refractivity contribution in [2.45, 2.75) is 36.8 Å². The van der Waals surface area contributed by atoms with Crippen molar-refractivity contribution in [2.24, 2.45) is 5.92 Å². The topological polar surface area (TPSA) is 92.7 Å². The standard InChI is InChI=1S/C16H21NO5S/c1-3-4-14-13(9-10-22-14)15(16(18)19)17-23(20,21)12-7-5-11(2)6-8-12/h3,5-8,13-15,17H,1,4,9-10H2,2H3,(H,18,19)/t13-,14+,15?/m0/s1. The number of sulfonamides is 1. The molecule has 1 aliphatic heterocycles. The predicted octanol–water partition coefficient (Wildman–Crippen LogP) is 1.71. The number of aryl methyl sites for hydroxylation is 1. The third kappa shape index (κ3) is 4.19. The van der Waals surface area contributed by atoms with Crippen molar-refractivity contribution in [3.8, 4) is 0 Å². The van der Waals surface area contributed by atoms with Crippen LogP contribution in [-0.4, -0.2) is 38.2 Å². The highest BCUT2D eigenvalue weighted by atomic mass is 32.2. The van der Waals surface area contributed by atoms with Crippen molar-refractivity contribution >= 4 is 16.0 Å². The van der Waals surface area contributed by atoms with Crippen LogP contribution >= 0.6 is 0 Å². The van der Waals surface area contributed by atoms with Gasteiger partial charge >= 0.3 is 5.97 Å². The average molecular weight is 339 g/mol. The van der Waals surface area contributed by atoms with Crippen molar-refractivity contribution in [3.63, 3.8) is 0 Å². The molecule has 7 heteroatoms. The van der Waals surface area contributed by atoms with Crippen LogP contribution in [0.1, 0.15) is 18.4 Å². The van der Waals surface area contributed by atoms with Gasteiger partial charge in [-0.1, -0.05) is 23.8 Å². The first kappa shape index (κ1) is 17.7. The Morgan fingerprint density at radius 3 is 2.70 bits per heavy atom. The number of nitrogens with one attached hydrogen (secondary N) is 1. The second-order valence-electron chi connectivity index (χ2n) is 5.64. The Morgan fingerprint density at radius 1 is 1.48 bits per heavy atom. The molecular formula is C16H21NO5S. The quantitative estimate of drug-likeness (QED) is 0.738. The molecule has 1 unspecified atom stereocenters. The molecule has 0 radical (unpaired) electrons. The van der Waals surface area contributed by atoms with Gasteiger partial charge in [0.2, 0.25) is 10.0 Å². The number of hydrogen-bond acceptors (Lipinski definition) is 4. The van der Waals surface area contributed by atoms with E-state index >= 15 is 0 Å². The fourth-order valence-corrected chi connectivity index (χ4v) is 3.97. The van der Waals surface area contributed by atoms with Crippen molar-refractivity contribution in [2.75, 3.05) is 6.61 Å². The van der Waals surface area contributed by atoms with E-state index in [-0.39, 0.29) is 11.0 Å².